The Hall–Kier alpha value is -1.37. The summed E-state index contributed by atoms with van der Waals surface area (Å²) in [7, 11) is 0. The molecule has 18 heavy (non-hydrogen) atoms. The Labute approximate surface area is 111 Å². The van der Waals surface area contributed by atoms with Crippen molar-refractivity contribution in [3.8, 4) is 0 Å². The van der Waals surface area contributed by atoms with Crippen molar-refractivity contribution in [1.29, 1.82) is 0 Å². The predicted octanol–water partition coefficient (Wildman–Crippen LogP) is 4.88. The van der Waals surface area contributed by atoms with Crippen LogP contribution in [0.1, 0.15) is 51.5 Å². The number of carbonyl (C=O) groups is 1. The summed E-state index contributed by atoms with van der Waals surface area (Å²) < 4.78 is 0. The summed E-state index contributed by atoms with van der Waals surface area (Å²) in [4.78, 5) is 11.9. The Bertz CT molecular complexity index is 364. The first-order valence-corrected chi connectivity index (χ1v) is 7.01. The highest BCUT2D eigenvalue weighted by Crippen LogP contribution is 2.12. The van der Waals surface area contributed by atoms with Gasteiger partial charge >= 0.3 is 0 Å². The molecule has 1 heteroatoms. The normalized spacial score (nSPS) is 12.8. The molecule has 1 unspecified atom stereocenters. The summed E-state index contributed by atoms with van der Waals surface area (Å²) in [5.74, 6) is 0.400. The summed E-state index contributed by atoms with van der Waals surface area (Å²) >= 11 is 0. The van der Waals surface area contributed by atoms with E-state index in [1.807, 2.05) is 43.3 Å². The van der Waals surface area contributed by atoms with Crippen LogP contribution in [0.25, 0.3) is 6.08 Å². The molecule has 0 aromatic heterocycles. The molecular formula is C17H24O. The maximum atomic E-state index is 11.9. The molecule has 0 saturated carbocycles. The van der Waals surface area contributed by atoms with E-state index in [9.17, 15) is 4.79 Å². The monoisotopic (exact) mass is 244 g/mol. The highest BCUT2D eigenvalue weighted by molar-refractivity contribution is 5.95. The van der Waals surface area contributed by atoms with Crippen molar-refractivity contribution in [2.75, 3.05) is 0 Å². The van der Waals surface area contributed by atoms with E-state index in [4.69, 9.17) is 0 Å². The van der Waals surface area contributed by atoms with Crippen molar-refractivity contribution < 1.29 is 4.79 Å². The van der Waals surface area contributed by atoms with Gasteiger partial charge in [0.05, 0.1) is 0 Å². The van der Waals surface area contributed by atoms with Gasteiger partial charge in [0.2, 0.25) is 0 Å². The number of hydrogen-bond donors (Lipinski definition) is 0. The Morgan fingerprint density at radius 1 is 1.17 bits per heavy atom. The SMILES string of the molecule is CCCCCCC(C)C(=O)C=Cc1ccccc1. The van der Waals surface area contributed by atoms with E-state index < -0.39 is 0 Å². The van der Waals surface area contributed by atoms with E-state index in [0.717, 1.165) is 12.0 Å². The fourth-order valence-corrected chi connectivity index (χ4v) is 1.93. The van der Waals surface area contributed by atoms with Gasteiger partial charge < -0.3 is 0 Å². The van der Waals surface area contributed by atoms with Gasteiger partial charge in [-0.25, -0.2) is 0 Å². The topological polar surface area (TPSA) is 17.1 Å². The maximum absolute atomic E-state index is 11.9. The molecule has 0 aliphatic heterocycles. The Kier molecular flexibility index (Phi) is 7.09. The lowest BCUT2D eigenvalue weighted by molar-refractivity contribution is -0.117. The van der Waals surface area contributed by atoms with Crippen LogP contribution in [0.5, 0.6) is 0 Å². The highest BCUT2D eigenvalue weighted by Gasteiger charge is 2.08. The van der Waals surface area contributed by atoms with Crippen LogP contribution in [0.3, 0.4) is 0 Å². The van der Waals surface area contributed by atoms with E-state index in [-0.39, 0.29) is 11.7 Å². The van der Waals surface area contributed by atoms with E-state index in [0.29, 0.717) is 0 Å². The quantitative estimate of drug-likeness (QED) is 0.470. The summed E-state index contributed by atoms with van der Waals surface area (Å²) in [5, 5.41) is 0. The molecule has 0 N–H and O–H groups in total. The van der Waals surface area contributed by atoms with Crippen LogP contribution in [0.2, 0.25) is 0 Å². The third-order valence-electron chi connectivity index (χ3n) is 3.22. The summed E-state index contributed by atoms with van der Waals surface area (Å²) in [5.41, 5.74) is 1.09. The van der Waals surface area contributed by atoms with Crippen molar-refractivity contribution in [1.82, 2.24) is 0 Å². The fourth-order valence-electron chi connectivity index (χ4n) is 1.93. The van der Waals surface area contributed by atoms with Gasteiger partial charge in [-0.3, -0.25) is 4.79 Å². The smallest absolute Gasteiger partial charge is 0.158 e. The van der Waals surface area contributed by atoms with Gasteiger partial charge in [-0.15, -0.1) is 0 Å². The molecule has 1 aromatic carbocycles. The molecule has 0 spiro atoms. The van der Waals surface area contributed by atoms with Crippen molar-refractivity contribution in [2.24, 2.45) is 5.92 Å². The van der Waals surface area contributed by atoms with E-state index in [2.05, 4.69) is 6.92 Å². The van der Waals surface area contributed by atoms with E-state index >= 15 is 0 Å². The van der Waals surface area contributed by atoms with Crippen LogP contribution in [0.15, 0.2) is 36.4 Å². The average Bonchev–Trinajstić information content (AvgIpc) is 2.42. The lowest BCUT2D eigenvalue weighted by atomic mass is 9.98. The highest BCUT2D eigenvalue weighted by atomic mass is 16.1. The van der Waals surface area contributed by atoms with Gasteiger partial charge in [0.25, 0.3) is 0 Å². The third kappa shape index (κ3) is 5.81. The minimum absolute atomic E-state index is 0.154. The Morgan fingerprint density at radius 3 is 2.56 bits per heavy atom. The number of unbranched alkanes of at least 4 members (excludes halogenated alkanes) is 3. The lowest BCUT2D eigenvalue weighted by Crippen LogP contribution is -2.07. The van der Waals surface area contributed by atoms with Crippen molar-refractivity contribution in [3.63, 3.8) is 0 Å². The average molecular weight is 244 g/mol. The van der Waals surface area contributed by atoms with Crippen LogP contribution in [-0.4, -0.2) is 5.78 Å². The molecule has 0 aliphatic rings. The van der Waals surface area contributed by atoms with Crippen molar-refractivity contribution in [2.45, 2.75) is 46.0 Å². The Morgan fingerprint density at radius 2 is 1.89 bits per heavy atom. The predicted molar refractivity (Wildman–Crippen MR) is 78.4 cm³/mol. The van der Waals surface area contributed by atoms with Crippen LogP contribution < -0.4 is 0 Å². The summed E-state index contributed by atoms with van der Waals surface area (Å²) in [6.45, 7) is 4.24. The second kappa shape index (κ2) is 8.68. The zero-order chi connectivity index (χ0) is 13.2. The first-order valence-electron chi connectivity index (χ1n) is 7.01. The largest absolute Gasteiger partial charge is 0.295 e. The van der Waals surface area contributed by atoms with Gasteiger partial charge in [-0.1, -0.05) is 75.9 Å². The van der Waals surface area contributed by atoms with Crippen LogP contribution in [0, 0.1) is 5.92 Å². The molecule has 1 rings (SSSR count). The Balaban J connectivity index is 2.33. The molecule has 0 heterocycles. The zero-order valence-corrected chi connectivity index (χ0v) is 11.6. The first-order chi connectivity index (χ1) is 8.74. The molecule has 1 nitrogen and oxygen atoms in total. The molecule has 0 saturated heterocycles. The summed E-state index contributed by atoms with van der Waals surface area (Å²) in [6.07, 6.45) is 9.58. The molecular weight excluding hydrogens is 220 g/mol. The van der Waals surface area contributed by atoms with Crippen molar-refractivity contribution >= 4 is 11.9 Å². The minimum Gasteiger partial charge on any atom is -0.295 e. The second-order valence-electron chi connectivity index (χ2n) is 4.90. The molecule has 0 fully saturated rings. The number of rotatable bonds is 8. The van der Waals surface area contributed by atoms with Gasteiger partial charge in [-0.05, 0) is 18.1 Å². The standard InChI is InChI=1S/C17H24O/c1-3-4-5-7-10-15(2)17(18)14-13-16-11-8-6-9-12-16/h6,8-9,11-15H,3-5,7,10H2,1-2H3. The van der Waals surface area contributed by atoms with Crippen LogP contribution in [0.4, 0.5) is 0 Å². The number of ketones is 1. The second-order valence-corrected chi connectivity index (χ2v) is 4.90. The zero-order valence-electron chi connectivity index (χ0n) is 11.6. The van der Waals surface area contributed by atoms with Crippen LogP contribution in [-0.2, 0) is 4.79 Å². The van der Waals surface area contributed by atoms with E-state index in [1.165, 1.54) is 25.7 Å². The lowest BCUT2D eigenvalue weighted by Gasteiger charge is -2.06. The van der Waals surface area contributed by atoms with Gasteiger partial charge in [0, 0.05) is 5.92 Å². The number of benzene rings is 1. The van der Waals surface area contributed by atoms with Gasteiger partial charge in [-0.2, -0.15) is 0 Å². The minimum atomic E-state index is 0.154. The van der Waals surface area contributed by atoms with Crippen molar-refractivity contribution in [3.05, 3.63) is 42.0 Å². The molecule has 98 valence electrons. The molecule has 1 aromatic rings. The van der Waals surface area contributed by atoms with E-state index in [1.54, 1.807) is 6.08 Å². The van der Waals surface area contributed by atoms with Gasteiger partial charge in [0.15, 0.2) is 5.78 Å². The third-order valence-corrected chi connectivity index (χ3v) is 3.22. The molecule has 1 atom stereocenters. The summed E-state index contributed by atoms with van der Waals surface area (Å²) in [6, 6.07) is 9.97. The molecule has 0 aliphatic carbocycles. The molecule has 0 amide bonds. The maximum Gasteiger partial charge on any atom is 0.158 e. The molecule has 0 radical (unpaired) electrons. The first kappa shape index (κ1) is 14.7. The number of allylic oxidation sites excluding steroid dienone is 1. The fraction of sp³-hybridized carbons (Fsp3) is 0.471. The number of carbonyl (C=O) groups excluding carboxylic acids is 1. The molecule has 0 bridgehead atoms. The van der Waals surface area contributed by atoms with Gasteiger partial charge in [0.1, 0.15) is 0 Å². The van der Waals surface area contributed by atoms with Crippen LogP contribution >= 0.6 is 0 Å². The number of hydrogen-bond acceptors (Lipinski definition) is 1.